The van der Waals surface area contributed by atoms with Gasteiger partial charge in [0.1, 0.15) is 5.97 Å². The largest absolute Gasteiger partial charge is 0.542 e. The number of hydrogen-bond donors (Lipinski definition) is 1. The Labute approximate surface area is 190 Å². The molecular weight excluding hydrogens is 443 g/mol. The summed E-state index contributed by atoms with van der Waals surface area (Å²) in [7, 11) is 6.79. The summed E-state index contributed by atoms with van der Waals surface area (Å²) < 4.78 is 32.6. The number of aliphatic carboxylic acids is 1. The van der Waals surface area contributed by atoms with Gasteiger partial charge in [-0.2, -0.15) is 13.2 Å². The van der Waals surface area contributed by atoms with Crippen LogP contribution in [0.15, 0.2) is 29.8 Å². The fourth-order valence-corrected chi connectivity index (χ4v) is 4.62. The molecule has 174 valence electrons. The van der Waals surface area contributed by atoms with Gasteiger partial charge in [-0.05, 0) is 49.3 Å². The van der Waals surface area contributed by atoms with Crippen LogP contribution >= 0.6 is 11.6 Å². The molecule has 0 radical (unpaired) electrons. The van der Waals surface area contributed by atoms with Crippen LogP contribution in [0.25, 0.3) is 10.9 Å². The van der Waals surface area contributed by atoms with E-state index in [0.29, 0.717) is 11.8 Å². The predicted molar refractivity (Wildman–Crippen MR) is 117 cm³/mol. The Bertz CT molecular complexity index is 1060. The Morgan fingerprint density at radius 1 is 1.28 bits per heavy atom. The summed E-state index contributed by atoms with van der Waals surface area (Å²) in [5.41, 5.74) is 12.6. The lowest BCUT2D eigenvalue weighted by Crippen LogP contribution is -2.37. The number of allylic oxidation sites excluding steroid dienone is 1. The van der Waals surface area contributed by atoms with E-state index in [-0.39, 0.29) is 0 Å². The maximum absolute atomic E-state index is 10.5. The first kappa shape index (κ1) is 24.3. The topological polar surface area (TPSA) is 79.0 Å². The summed E-state index contributed by atoms with van der Waals surface area (Å²) in [5, 5.41) is 10.6. The van der Waals surface area contributed by atoms with Gasteiger partial charge in [0.25, 0.3) is 0 Å². The van der Waals surface area contributed by atoms with Gasteiger partial charge in [-0.3, -0.25) is 4.98 Å². The standard InChI is InChI=1S/C21H27ClN3.C2HF3O2/c1-25(2,3)7-6-13-8-14-10-15(9-13)20-19(11-14)24-18-12-16(22)4-5-17(18)21(20)23;3-2(4,5)1(6)7/h4-5,8,12,14-15H,6-7,9-11H2,1-3H3,(H2,23,24);(H,6,7)/q+1;/p-1. The molecule has 0 amide bonds. The van der Waals surface area contributed by atoms with Gasteiger partial charge in [0.05, 0.1) is 33.2 Å². The van der Waals surface area contributed by atoms with E-state index in [9.17, 15) is 13.2 Å². The van der Waals surface area contributed by atoms with Crippen LogP contribution in [0.3, 0.4) is 0 Å². The summed E-state index contributed by atoms with van der Waals surface area (Å²) >= 11 is 6.15. The SMILES string of the molecule is C[N+](C)(C)CCC1=CC2Cc3nc4cc(Cl)ccc4c(N)c3C(C1)C2.O=C([O-])C(F)(F)F. The number of carbonyl (C=O) groups excluding carboxylic acids is 1. The van der Waals surface area contributed by atoms with Crippen molar-refractivity contribution in [2.45, 2.75) is 37.8 Å². The summed E-state index contributed by atoms with van der Waals surface area (Å²) in [5.74, 6) is -1.88. The van der Waals surface area contributed by atoms with E-state index in [1.165, 1.54) is 30.6 Å². The molecule has 0 spiro atoms. The molecule has 2 atom stereocenters. The van der Waals surface area contributed by atoms with Crippen LogP contribution in [0, 0.1) is 5.92 Å². The summed E-state index contributed by atoms with van der Waals surface area (Å²) in [4.78, 5) is 13.7. The number of quaternary nitrogens is 1. The van der Waals surface area contributed by atoms with E-state index in [1.807, 2.05) is 18.2 Å². The number of nitrogen functional groups attached to an aromatic ring is 1. The molecule has 4 rings (SSSR count). The first-order valence-electron chi connectivity index (χ1n) is 10.4. The molecule has 9 heteroatoms. The molecular formula is C23H27ClF3N3O2. The number of nitrogens with zero attached hydrogens (tertiary/aromatic N) is 2. The Kier molecular flexibility index (Phi) is 6.77. The third kappa shape index (κ3) is 5.72. The number of hydrogen-bond acceptors (Lipinski definition) is 4. The molecule has 1 aromatic carbocycles. The molecule has 2 aliphatic carbocycles. The van der Waals surface area contributed by atoms with Crippen molar-refractivity contribution in [1.82, 2.24) is 4.98 Å². The minimum Gasteiger partial charge on any atom is -0.542 e. The third-order valence-corrected chi connectivity index (χ3v) is 6.11. The van der Waals surface area contributed by atoms with Crippen molar-refractivity contribution in [2.75, 3.05) is 33.4 Å². The van der Waals surface area contributed by atoms with Crippen molar-refractivity contribution in [2.24, 2.45) is 5.92 Å². The quantitative estimate of drug-likeness (QED) is 0.547. The van der Waals surface area contributed by atoms with Gasteiger partial charge in [0, 0.05) is 33.8 Å². The van der Waals surface area contributed by atoms with Gasteiger partial charge in [-0.1, -0.05) is 23.3 Å². The van der Waals surface area contributed by atoms with Crippen molar-refractivity contribution in [3.63, 3.8) is 0 Å². The zero-order valence-electron chi connectivity index (χ0n) is 18.3. The van der Waals surface area contributed by atoms with Gasteiger partial charge in [-0.25, -0.2) is 0 Å². The van der Waals surface area contributed by atoms with E-state index < -0.39 is 12.1 Å². The van der Waals surface area contributed by atoms with Crippen molar-refractivity contribution in [1.29, 1.82) is 0 Å². The average Bonchev–Trinajstić information content (AvgIpc) is 2.65. The van der Waals surface area contributed by atoms with E-state index in [2.05, 4.69) is 27.2 Å². The number of benzene rings is 1. The number of pyridine rings is 1. The Morgan fingerprint density at radius 2 is 1.94 bits per heavy atom. The van der Waals surface area contributed by atoms with Gasteiger partial charge in [0.2, 0.25) is 0 Å². The fraction of sp³-hybridized carbons (Fsp3) is 0.478. The van der Waals surface area contributed by atoms with Gasteiger partial charge >= 0.3 is 6.18 Å². The Balaban J connectivity index is 0.000000360. The zero-order chi connectivity index (χ0) is 23.8. The first-order valence-corrected chi connectivity index (χ1v) is 10.8. The molecule has 0 aliphatic heterocycles. The fourth-order valence-electron chi connectivity index (χ4n) is 4.45. The van der Waals surface area contributed by atoms with Crippen molar-refractivity contribution >= 4 is 34.2 Å². The molecule has 0 saturated carbocycles. The maximum atomic E-state index is 10.5. The normalized spacial score (nSPS) is 20.2. The van der Waals surface area contributed by atoms with E-state index in [4.69, 9.17) is 32.2 Å². The Morgan fingerprint density at radius 3 is 2.53 bits per heavy atom. The minimum atomic E-state index is -5.19. The molecule has 2 N–H and O–H groups in total. The van der Waals surface area contributed by atoms with Crippen LogP contribution in [-0.2, 0) is 11.2 Å². The second-order valence-corrected chi connectivity index (χ2v) is 9.96. The Hall–Kier alpha value is -2.32. The summed E-state index contributed by atoms with van der Waals surface area (Å²) in [6.07, 6.45) is 1.87. The molecule has 2 unspecified atom stereocenters. The maximum Gasteiger partial charge on any atom is 0.430 e. The number of fused-ring (bicyclic) bond motifs is 5. The number of anilines is 1. The van der Waals surface area contributed by atoms with Crippen LogP contribution < -0.4 is 10.8 Å². The molecule has 1 heterocycles. The van der Waals surface area contributed by atoms with Crippen molar-refractivity contribution in [3.8, 4) is 0 Å². The molecule has 2 aliphatic rings. The molecule has 2 bridgehead atoms. The number of alkyl halides is 3. The van der Waals surface area contributed by atoms with Crippen LogP contribution in [-0.4, -0.2) is 49.3 Å². The molecule has 5 nitrogen and oxygen atoms in total. The molecule has 1 aromatic heterocycles. The van der Waals surface area contributed by atoms with E-state index >= 15 is 0 Å². The number of carboxylic acid groups (broad SMARTS) is 1. The summed E-state index contributed by atoms with van der Waals surface area (Å²) in [6.45, 7) is 1.18. The molecule has 2 aromatic rings. The monoisotopic (exact) mass is 469 g/mol. The molecule has 0 saturated heterocycles. The molecule has 32 heavy (non-hydrogen) atoms. The van der Waals surface area contributed by atoms with Gasteiger partial charge < -0.3 is 20.1 Å². The van der Waals surface area contributed by atoms with Crippen LogP contribution in [0.1, 0.15) is 36.4 Å². The van der Waals surface area contributed by atoms with Gasteiger partial charge in [-0.15, -0.1) is 0 Å². The number of halogens is 4. The summed E-state index contributed by atoms with van der Waals surface area (Å²) in [6, 6.07) is 5.86. The number of carboxylic acids is 1. The van der Waals surface area contributed by atoms with E-state index in [0.717, 1.165) is 38.9 Å². The highest BCUT2D eigenvalue weighted by Gasteiger charge is 2.34. The minimum absolute atomic E-state index is 0.522. The zero-order valence-corrected chi connectivity index (χ0v) is 19.1. The van der Waals surface area contributed by atoms with Crippen molar-refractivity contribution < 1.29 is 27.6 Å². The first-order chi connectivity index (χ1) is 14.7. The van der Waals surface area contributed by atoms with Crippen LogP contribution in [0.5, 0.6) is 0 Å². The second-order valence-electron chi connectivity index (χ2n) is 9.52. The number of carbonyl (C=O) groups is 1. The van der Waals surface area contributed by atoms with Crippen LogP contribution in [0.2, 0.25) is 5.02 Å². The number of rotatable bonds is 3. The number of aromatic nitrogens is 1. The number of nitrogens with two attached hydrogens (primary N) is 1. The highest BCUT2D eigenvalue weighted by atomic mass is 35.5. The molecule has 0 fully saturated rings. The third-order valence-electron chi connectivity index (χ3n) is 5.87. The van der Waals surface area contributed by atoms with E-state index in [1.54, 1.807) is 5.57 Å². The second kappa shape index (κ2) is 8.90. The lowest BCUT2D eigenvalue weighted by Gasteiger charge is -2.36. The predicted octanol–water partition coefficient (Wildman–Crippen LogP) is 3.84. The van der Waals surface area contributed by atoms with Crippen molar-refractivity contribution in [3.05, 3.63) is 46.1 Å². The average molecular weight is 470 g/mol. The highest BCUT2D eigenvalue weighted by Crippen LogP contribution is 2.47. The van der Waals surface area contributed by atoms with Gasteiger partial charge in [0.15, 0.2) is 0 Å². The lowest BCUT2D eigenvalue weighted by atomic mass is 9.70. The van der Waals surface area contributed by atoms with Crippen LogP contribution in [0.4, 0.5) is 18.9 Å². The smallest absolute Gasteiger partial charge is 0.430 e. The lowest BCUT2D eigenvalue weighted by molar-refractivity contribution is -0.870. The highest BCUT2D eigenvalue weighted by molar-refractivity contribution is 6.31.